The minimum Gasteiger partial charge on any atom is -0.481 e. The average molecular weight is 388 g/mol. The van der Waals surface area contributed by atoms with Crippen molar-refractivity contribution in [1.29, 1.82) is 0 Å². The number of anilines is 2. The molecule has 2 aromatic rings. The fraction of sp³-hybridized carbons (Fsp3) is 0.381. The number of hydrogen-bond acceptors (Lipinski definition) is 4. The quantitative estimate of drug-likeness (QED) is 0.816. The Morgan fingerprint density at radius 1 is 1.15 bits per heavy atom. The van der Waals surface area contributed by atoms with Gasteiger partial charge >= 0.3 is 0 Å². The number of carbonyl (C=O) groups is 1. The van der Waals surface area contributed by atoms with Gasteiger partial charge in [-0.1, -0.05) is 36.7 Å². The third kappa shape index (κ3) is 5.15. The van der Waals surface area contributed by atoms with Gasteiger partial charge in [-0.2, -0.15) is 0 Å². The molecule has 1 atom stereocenters. The van der Waals surface area contributed by atoms with Gasteiger partial charge in [0.2, 0.25) is 0 Å². The number of para-hydroxylation sites is 1. The van der Waals surface area contributed by atoms with E-state index < -0.39 is 6.10 Å². The van der Waals surface area contributed by atoms with Crippen LogP contribution in [0.1, 0.15) is 13.8 Å². The van der Waals surface area contributed by atoms with E-state index in [1.807, 2.05) is 42.5 Å². The molecule has 27 heavy (non-hydrogen) atoms. The number of nitrogens with zero attached hydrogens (tertiary/aromatic N) is 2. The monoisotopic (exact) mass is 387 g/mol. The van der Waals surface area contributed by atoms with Crippen LogP contribution in [-0.2, 0) is 4.79 Å². The number of carbonyl (C=O) groups excluding carboxylic acids is 1. The molecule has 144 valence electrons. The van der Waals surface area contributed by atoms with Crippen LogP contribution in [0, 0.1) is 0 Å². The molecule has 1 aliphatic heterocycles. The lowest BCUT2D eigenvalue weighted by Gasteiger charge is -2.36. The van der Waals surface area contributed by atoms with Crippen molar-refractivity contribution in [3.63, 3.8) is 0 Å². The lowest BCUT2D eigenvalue weighted by molar-refractivity contribution is -0.122. The SMILES string of the molecule is CCN1CCN(c2ccc(Cl)cc2NC(=O)C(C)Oc2ccccc2)CC1. The lowest BCUT2D eigenvalue weighted by atomic mass is 10.2. The molecular weight excluding hydrogens is 362 g/mol. The number of piperazine rings is 1. The number of hydrogen-bond donors (Lipinski definition) is 1. The summed E-state index contributed by atoms with van der Waals surface area (Å²) < 4.78 is 5.73. The number of rotatable bonds is 6. The molecule has 0 aliphatic carbocycles. The average Bonchev–Trinajstić information content (AvgIpc) is 2.69. The standard InChI is InChI=1S/C21H26ClN3O2/c1-3-24-11-13-25(14-12-24)20-10-9-17(22)15-19(20)23-21(26)16(2)27-18-7-5-4-6-8-18/h4-10,15-16H,3,11-14H2,1-2H3,(H,23,26). The molecule has 0 saturated carbocycles. The maximum absolute atomic E-state index is 12.7. The molecule has 0 spiro atoms. The first-order valence-corrected chi connectivity index (χ1v) is 9.74. The molecule has 1 fully saturated rings. The van der Waals surface area contributed by atoms with E-state index in [1.165, 1.54) is 0 Å². The predicted octanol–water partition coefficient (Wildman–Crippen LogP) is 3.89. The summed E-state index contributed by atoms with van der Waals surface area (Å²) in [7, 11) is 0. The van der Waals surface area contributed by atoms with E-state index in [-0.39, 0.29) is 5.91 Å². The van der Waals surface area contributed by atoms with Gasteiger partial charge in [-0.15, -0.1) is 0 Å². The smallest absolute Gasteiger partial charge is 0.265 e. The van der Waals surface area contributed by atoms with Gasteiger partial charge in [0.05, 0.1) is 11.4 Å². The Hall–Kier alpha value is -2.24. The van der Waals surface area contributed by atoms with Gasteiger partial charge < -0.3 is 19.9 Å². The molecule has 1 heterocycles. The highest BCUT2D eigenvalue weighted by molar-refractivity contribution is 6.31. The molecule has 2 aromatic carbocycles. The molecule has 1 amide bonds. The summed E-state index contributed by atoms with van der Waals surface area (Å²) in [6.07, 6.45) is -0.615. The van der Waals surface area contributed by atoms with Gasteiger partial charge in [0.1, 0.15) is 5.75 Å². The fourth-order valence-electron chi connectivity index (χ4n) is 3.18. The molecule has 1 saturated heterocycles. The van der Waals surface area contributed by atoms with Gasteiger partial charge in [-0.3, -0.25) is 4.79 Å². The summed E-state index contributed by atoms with van der Waals surface area (Å²) in [5, 5.41) is 3.59. The minimum absolute atomic E-state index is 0.199. The second kappa shape index (κ2) is 9.11. The fourth-order valence-corrected chi connectivity index (χ4v) is 3.35. The lowest BCUT2D eigenvalue weighted by Crippen LogP contribution is -2.46. The van der Waals surface area contributed by atoms with Crippen LogP contribution < -0.4 is 15.0 Å². The topological polar surface area (TPSA) is 44.8 Å². The highest BCUT2D eigenvalue weighted by Gasteiger charge is 2.21. The van der Waals surface area contributed by atoms with Crippen LogP contribution >= 0.6 is 11.6 Å². The molecule has 6 heteroatoms. The van der Waals surface area contributed by atoms with E-state index in [2.05, 4.69) is 22.0 Å². The van der Waals surface area contributed by atoms with Crippen molar-refractivity contribution in [3.8, 4) is 5.75 Å². The molecule has 0 aromatic heterocycles. The zero-order chi connectivity index (χ0) is 19.2. The van der Waals surface area contributed by atoms with Crippen LogP contribution in [0.15, 0.2) is 48.5 Å². The van der Waals surface area contributed by atoms with E-state index in [9.17, 15) is 4.79 Å². The molecule has 0 radical (unpaired) electrons. The molecule has 0 bridgehead atoms. The van der Waals surface area contributed by atoms with Crippen molar-refractivity contribution in [2.45, 2.75) is 20.0 Å². The van der Waals surface area contributed by atoms with Gasteiger partial charge in [0, 0.05) is 31.2 Å². The Balaban J connectivity index is 1.70. The van der Waals surface area contributed by atoms with E-state index in [4.69, 9.17) is 16.3 Å². The van der Waals surface area contributed by atoms with Crippen molar-refractivity contribution >= 4 is 28.9 Å². The Bertz CT molecular complexity index is 761. The molecule has 3 rings (SSSR count). The van der Waals surface area contributed by atoms with Gasteiger partial charge in [0.15, 0.2) is 6.10 Å². The van der Waals surface area contributed by atoms with Crippen LogP contribution in [0.3, 0.4) is 0 Å². The Morgan fingerprint density at radius 3 is 2.52 bits per heavy atom. The van der Waals surface area contributed by atoms with Crippen LogP contribution in [0.2, 0.25) is 5.02 Å². The number of benzene rings is 2. The first-order chi connectivity index (χ1) is 13.1. The molecule has 5 nitrogen and oxygen atoms in total. The molecule has 1 aliphatic rings. The van der Waals surface area contributed by atoms with E-state index in [0.29, 0.717) is 10.8 Å². The Kier molecular flexibility index (Phi) is 6.58. The number of amides is 1. The van der Waals surface area contributed by atoms with Gasteiger partial charge in [-0.25, -0.2) is 0 Å². The third-order valence-electron chi connectivity index (χ3n) is 4.80. The van der Waals surface area contributed by atoms with Crippen LogP contribution in [-0.4, -0.2) is 49.6 Å². The summed E-state index contributed by atoms with van der Waals surface area (Å²) in [6.45, 7) is 8.86. The first kappa shape index (κ1) is 19.5. The van der Waals surface area contributed by atoms with E-state index >= 15 is 0 Å². The second-order valence-electron chi connectivity index (χ2n) is 6.65. The maximum Gasteiger partial charge on any atom is 0.265 e. The van der Waals surface area contributed by atoms with E-state index in [0.717, 1.165) is 44.1 Å². The van der Waals surface area contributed by atoms with Gasteiger partial charge in [0.25, 0.3) is 5.91 Å². The number of halogens is 1. The van der Waals surface area contributed by atoms with Crippen molar-refractivity contribution in [1.82, 2.24) is 4.90 Å². The second-order valence-corrected chi connectivity index (χ2v) is 7.08. The maximum atomic E-state index is 12.7. The zero-order valence-electron chi connectivity index (χ0n) is 15.8. The van der Waals surface area contributed by atoms with Crippen molar-refractivity contribution in [3.05, 3.63) is 53.6 Å². The molecule has 1 unspecified atom stereocenters. The Morgan fingerprint density at radius 2 is 1.85 bits per heavy atom. The number of likely N-dealkylation sites (N-methyl/N-ethyl adjacent to an activating group) is 1. The summed E-state index contributed by atoms with van der Waals surface area (Å²) in [5.74, 6) is 0.469. The number of nitrogens with one attached hydrogen (secondary N) is 1. The van der Waals surface area contributed by atoms with Gasteiger partial charge in [-0.05, 0) is 43.8 Å². The third-order valence-corrected chi connectivity index (χ3v) is 5.04. The number of ether oxygens (including phenoxy) is 1. The predicted molar refractivity (Wildman–Crippen MR) is 111 cm³/mol. The summed E-state index contributed by atoms with van der Waals surface area (Å²) in [4.78, 5) is 17.4. The minimum atomic E-state index is -0.615. The Labute approximate surface area is 165 Å². The zero-order valence-corrected chi connectivity index (χ0v) is 16.6. The van der Waals surface area contributed by atoms with Crippen molar-refractivity contribution < 1.29 is 9.53 Å². The molecule has 1 N–H and O–H groups in total. The highest BCUT2D eigenvalue weighted by atomic mass is 35.5. The van der Waals surface area contributed by atoms with Crippen molar-refractivity contribution in [2.24, 2.45) is 0 Å². The van der Waals surface area contributed by atoms with Crippen molar-refractivity contribution in [2.75, 3.05) is 42.9 Å². The van der Waals surface area contributed by atoms with Crippen LogP contribution in [0.5, 0.6) is 5.75 Å². The normalized spacial score (nSPS) is 16.0. The summed E-state index contributed by atoms with van der Waals surface area (Å²) in [6, 6.07) is 15.0. The van der Waals surface area contributed by atoms with E-state index in [1.54, 1.807) is 13.0 Å². The molecular formula is C21H26ClN3O2. The largest absolute Gasteiger partial charge is 0.481 e. The first-order valence-electron chi connectivity index (χ1n) is 9.36. The van der Waals surface area contributed by atoms with Crippen LogP contribution in [0.4, 0.5) is 11.4 Å². The highest BCUT2D eigenvalue weighted by Crippen LogP contribution is 2.30. The summed E-state index contributed by atoms with van der Waals surface area (Å²) >= 11 is 6.18. The van der Waals surface area contributed by atoms with Crippen LogP contribution in [0.25, 0.3) is 0 Å². The summed E-state index contributed by atoms with van der Waals surface area (Å²) in [5.41, 5.74) is 1.72.